The van der Waals surface area contributed by atoms with Crippen molar-refractivity contribution in [2.45, 2.75) is 16.3 Å². The summed E-state index contributed by atoms with van der Waals surface area (Å²) in [6.45, 7) is 4.56. The quantitative estimate of drug-likeness (QED) is 0.283. The van der Waals surface area contributed by atoms with Gasteiger partial charge in [-0.25, -0.2) is 4.79 Å². The van der Waals surface area contributed by atoms with E-state index in [9.17, 15) is 9.90 Å². The van der Waals surface area contributed by atoms with Crippen LogP contribution in [-0.2, 0) is 6.54 Å². The van der Waals surface area contributed by atoms with Gasteiger partial charge in [-0.1, -0.05) is 78.0 Å². The molecule has 0 amide bonds. The molecule has 1 saturated heterocycles. The summed E-state index contributed by atoms with van der Waals surface area (Å²) in [6.07, 6.45) is 0. The number of carboxylic acids is 1. The number of nitrogens with zero attached hydrogens (tertiary/aromatic N) is 2. The Kier molecular flexibility index (Phi) is 7.61. The minimum atomic E-state index is -0.899. The Bertz CT molecular complexity index is 1340. The molecule has 1 fully saturated rings. The zero-order valence-corrected chi connectivity index (χ0v) is 21.4. The number of anilines is 1. The number of piperazine rings is 1. The highest BCUT2D eigenvalue weighted by molar-refractivity contribution is 7.99. The summed E-state index contributed by atoms with van der Waals surface area (Å²) < 4.78 is 0. The molecule has 4 nitrogen and oxygen atoms in total. The molecule has 0 aromatic heterocycles. The van der Waals surface area contributed by atoms with E-state index in [1.807, 2.05) is 54.6 Å². The van der Waals surface area contributed by atoms with Gasteiger partial charge in [-0.2, -0.15) is 0 Å². The fourth-order valence-corrected chi connectivity index (χ4v) is 5.68. The van der Waals surface area contributed by atoms with Gasteiger partial charge in [0, 0.05) is 53.2 Å². The number of hydrogen-bond acceptors (Lipinski definition) is 4. The molecular weight excluding hydrogens is 488 g/mol. The number of rotatable bonds is 7. The maximum atomic E-state index is 11.8. The number of carboxylic acid groups (broad SMARTS) is 1. The predicted molar refractivity (Wildman–Crippen MR) is 148 cm³/mol. The second-order valence-electron chi connectivity index (χ2n) is 8.83. The zero-order valence-electron chi connectivity index (χ0n) is 19.8. The Hall–Kier alpha value is -3.25. The van der Waals surface area contributed by atoms with Crippen molar-refractivity contribution in [2.24, 2.45) is 0 Å². The Morgan fingerprint density at radius 1 is 0.833 bits per heavy atom. The Balaban J connectivity index is 1.28. The molecule has 0 bridgehead atoms. The fourth-order valence-electron chi connectivity index (χ4n) is 4.56. The van der Waals surface area contributed by atoms with Crippen molar-refractivity contribution in [1.82, 2.24) is 4.90 Å². The predicted octanol–water partition coefficient (Wildman–Crippen LogP) is 7.18. The molecule has 182 valence electrons. The van der Waals surface area contributed by atoms with Crippen LogP contribution >= 0.6 is 23.4 Å². The van der Waals surface area contributed by atoms with E-state index in [0.29, 0.717) is 5.56 Å². The van der Waals surface area contributed by atoms with E-state index in [1.165, 1.54) is 28.5 Å². The molecule has 5 rings (SSSR count). The lowest BCUT2D eigenvalue weighted by atomic mass is 9.99. The molecule has 1 heterocycles. The number of aromatic carboxylic acids is 1. The third-order valence-corrected chi connectivity index (χ3v) is 7.79. The lowest BCUT2D eigenvalue weighted by Crippen LogP contribution is -2.46. The first-order valence-corrected chi connectivity index (χ1v) is 13.2. The van der Waals surface area contributed by atoms with Crippen LogP contribution in [0.3, 0.4) is 0 Å². The molecule has 6 heteroatoms. The van der Waals surface area contributed by atoms with Gasteiger partial charge in [0.25, 0.3) is 0 Å². The topological polar surface area (TPSA) is 43.8 Å². The number of benzene rings is 4. The molecule has 0 unspecified atom stereocenters. The zero-order chi connectivity index (χ0) is 24.9. The van der Waals surface area contributed by atoms with E-state index in [0.717, 1.165) is 53.2 Å². The summed E-state index contributed by atoms with van der Waals surface area (Å²) in [5, 5.41) is 10.4. The van der Waals surface area contributed by atoms with E-state index < -0.39 is 5.97 Å². The summed E-state index contributed by atoms with van der Waals surface area (Å²) in [5.74, 6) is -0.899. The van der Waals surface area contributed by atoms with Crippen LogP contribution in [-0.4, -0.2) is 42.2 Å². The van der Waals surface area contributed by atoms with Gasteiger partial charge < -0.3 is 10.0 Å². The molecule has 4 aromatic carbocycles. The molecule has 4 aromatic rings. The van der Waals surface area contributed by atoms with Crippen LogP contribution < -0.4 is 4.90 Å². The minimum absolute atomic E-state index is 0.338. The Morgan fingerprint density at radius 2 is 1.53 bits per heavy atom. The van der Waals surface area contributed by atoms with Gasteiger partial charge in [-0.05, 0) is 59.2 Å². The lowest BCUT2D eigenvalue weighted by Gasteiger charge is -2.36. The van der Waals surface area contributed by atoms with Crippen LogP contribution in [0.15, 0.2) is 107 Å². The van der Waals surface area contributed by atoms with E-state index in [4.69, 9.17) is 11.6 Å². The second kappa shape index (κ2) is 11.2. The van der Waals surface area contributed by atoms with Gasteiger partial charge in [-0.3, -0.25) is 4.90 Å². The van der Waals surface area contributed by atoms with E-state index in [2.05, 4.69) is 46.2 Å². The SMILES string of the molecule is O=C(O)c1ccc(N2CCN(Cc3ccccc3-c3ccc(Cl)cc3)CC2)cc1Sc1ccccc1. The molecule has 1 N–H and O–H groups in total. The van der Waals surface area contributed by atoms with Crippen molar-refractivity contribution >= 4 is 35.0 Å². The maximum absolute atomic E-state index is 11.8. The van der Waals surface area contributed by atoms with Crippen molar-refractivity contribution in [3.63, 3.8) is 0 Å². The summed E-state index contributed by atoms with van der Waals surface area (Å²) in [6, 6.07) is 32.2. The molecule has 1 aliphatic heterocycles. The van der Waals surface area contributed by atoms with Gasteiger partial charge in [0.1, 0.15) is 0 Å². The average molecular weight is 515 g/mol. The molecule has 0 spiro atoms. The molecule has 1 aliphatic rings. The van der Waals surface area contributed by atoms with Crippen molar-refractivity contribution in [3.05, 3.63) is 113 Å². The number of hydrogen-bond donors (Lipinski definition) is 1. The van der Waals surface area contributed by atoms with Crippen LogP contribution in [0.1, 0.15) is 15.9 Å². The summed E-state index contributed by atoms with van der Waals surface area (Å²) >= 11 is 7.59. The van der Waals surface area contributed by atoms with E-state index in [1.54, 1.807) is 6.07 Å². The first kappa shape index (κ1) is 24.4. The van der Waals surface area contributed by atoms with Gasteiger partial charge in [-0.15, -0.1) is 0 Å². The van der Waals surface area contributed by atoms with Gasteiger partial charge in [0.2, 0.25) is 0 Å². The molecular formula is C30H27ClN2O2S. The normalized spacial score (nSPS) is 14.1. The molecule has 0 atom stereocenters. The van der Waals surface area contributed by atoms with Crippen LogP contribution in [0, 0.1) is 0 Å². The summed E-state index contributed by atoms with van der Waals surface area (Å²) in [7, 11) is 0. The summed E-state index contributed by atoms with van der Waals surface area (Å²) in [5.41, 5.74) is 5.13. The monoisotopic (exact) mass is 514 g/mol. The molecule has 0 radical (unpaired) electrons. The standard InChI is InChI=1S/C30H27ClN2O2S/c31-24-12-10-22(11-13-24)27-9-5-4-6-23(27)21-32-16-18-33(19-17-32)25-14-15-28(30(34)35)29(20-25)36-26-7-2-1-3-8-26/h1-15,20H,16-19,21H2,(H,34,35). The minimum Gasteiger partial charge on any atom is -0.478 e. The number of carbonyl (C=O) groups is 1. The first-order chi connectivity index (χ1) is 17.6. The lowest BCUT2D eigenvalue weighted by molar-refractivity contribution is 0.0693. The largest absolute Gasteiger partial charge is 0.478 e. The highest BCUT2D eigenvalue weighted by Gasteiger charge is 2.20. The van der Waals surface area contributed by atoms with Crippen molar-refractivity contribution in [3.8, 4) is 11.1 Å². The fraction of sp³-hybridized carbons (Fsp3) is 0.167. The van der Waals surface area contributed by atoms with Gasteiger partial charge in [0.05, 0.1) is 5.56 Å². The van der Waals surface area contributed by atoms with Gasteiger partial charge in [0.15, 0.2) is 0 Å². The average Bonchev–Trinajstić information content (AvgIpc) is 2.90. The summed E-state index contributed by atoms with van der Waals surface area (Å²) in [4.78, 5) is 18.5. The first-order valence-electron chi connectivity index (χ1n) is 12.0. The third kappa shape index (κ3) is 5.76. The Labute approximate surface area is 221 Å². The highest BCUT2D eigenvalue weighted by Crippen LogP contribution is 2.34. The highest BCUT2D eigenvalue weighted by atomic mass is 35.5. The molecule has 0 saturated carbocycles. The molecule has 36 heavy (non-hydrogen) atoms. The van der Waals surface area contributed by atoms with Crippen LogP contribution in [0.2, 0.25) is 5.02 Å². The number of halogens is 1. The smallest absolute Gasteiger partial charge is 0.336 e. The molecule has 0 aliphatic carbocycles. The van der Waals surface area contributed by atoms with Crippen molar-refractivity contribution < 1.29 is 9.90 Å². The second-order valence-corrected chi connectivity index (χ2v) is 10.4. The van der Waals surface area contributed by atoms with Crippen LogP contribution in [0.25, 0.3) is 11.1 Å². The third-order valence-electron chi connectivity index (χ3n) is 6.47. The van der Waals surface area contributed by atoms with Crippen LogP contribution in [0.4, 0.5) is 5.69 Å². The van der Waals surface area contributed by atoms with Crippen molar-refractivity contribution in [2.75, 3.05) is 31.1 Å². The van der Waals surface area contributed by atoms with E-state index in [-0.39, 0.29) is 0 Å². The maximum Gasteiger partial charge on any atom is 0.336 e. The van der Waals surface area contributed by atoms with E-state index >= 15 is 0 Å². The Morgan fingerprint density at radius 3 is 2.25 bits per heavy atom. The van der Waals surface area contributed by atoms with Crippen molar-refractivity contribution in [1.29, 1.82) is 0 Å². The van der Waals surface area contributed by atoms with Crippen LogP contribution in [0.5, 0.6) is 0 Å². The van der Waals surface area contributed by atoms with Gasteiger partial charge >= 0.3 is 5.97 Å².